The Labute approximate surface area is 190 Å². The number of likely N-dealkylation sites (N-methyl/N-ethyl adjacent to an activating group) is 1. The second kappa shape index (κ2) is 9.01. The second-order valence-corrected chi connectivity index (χ2v) is 9.04. The van der Waals surface area contributed by atoms with Gasteiger partial charge in [0.2, 0.25) is 0 Å². The summed E-state index contributed by atoms with van der Waals surface area (Å²) in [6.07, 6.45) is 1.80. The molecule has 0 saturated heterocycles. The van der Waals surface area contributed by atoms with E-state index in [1.54, 1.807) is 51.2 Å². The molecule has 1 aromatic rings. The van der Waals surface area contributed by atoms with Crippen LogP contribution in [0.4, 0.5) is 13.2 Å². The third-order valence-electron chi connectivity index (χ3n) is 5.78. The lowest BCUT2D eigenvalue weighted by Gasteiger charge is -2.42. The number of allylic oxidation sites excluding steroid dienone is 3. The molecule has 178 valence electrons. The predicted octanol–water partition coefficient (Wildman–Crippen LogP) is 3.22. The van der Waals surface area contributed by atoms with Gasteiger partial charge in [-0.1, -0.05) is 6.07 Å². The first-order valence-corrected chi connectivity index (χ1v) is 10.5. The van der Waals surface area contributed by atoms with Crippen molar-refractivity contribution in [1.82, 2.24) is 20.5 Å². The molecule has 0 atom stereocenters. The molecule has 33 heavy (non-hydrogen) atoms. The van der Waals surface area contributed by atoms with Gasteiger partial charge in [0.1, 0.15) is 11.4 Å². The van der Waals surface area contributed by atoms with Crippen LogP contribution in [0.2, 0.25) is 0 Å². The summed E-state index contributed by atoms with van der Waals surface area (Å²) in [4.78, 5) is 17.8. The summed E-state index contributed by atoms with van der Waals surface area (Å²) in [6.45, 7) is 3.57. The summed E-state index contributed by atoms with van der Waals surface area (Å²) < 4.78 is 38.9. The monoisotopic (exact) mass is 463 g/mol. The van der Waals surface area contributed by atoms with Gasteiger partial charge in [-0.3, -0.25) is 4.79 Å². The van der Waals surface area contributed by atoms with Gasteiger partial charge in [-0.15, -0.1) is 0 Å². The number of halogens is 3. The van der Waals surface area contributed by atoms with Crippen molar-refractivity contribution < 1.29 is 23.1 Å². The Kier molecular flexibility index (Phi) is 6.69. The number of carbonyl (C=O) groups excluding carboxylic acids is 1. The van der Waals surface area contributed by atoms with Crippen molar-refractivity contribution in [1.29, 1.82) is 5.41 Å². The normalized spacial score (nSPS) is 22.3. The Morgan fingerprint density at radius 2 is 1.91 bits per heavy atom. The molecule has 7 nitrogen and oxygen atoms in total. The average molecular weight is 464 g/mol. The van der Waals surface area contributed by atoms with Crippen molar-refractivity contribution in [3.8, 4) is 0 Å². The molecule has 0 bridgehead atoms. The first-order valence-electron chi connectivity index (χ1n) is 10.5. The Morgan fingerprint density at radius 1 is 1.24 bits per heavy atom. The van der Waals surface area contributed by atoms with Crippen molar-refractivity contribution in [3.05, 3.63) is 64.9 Å². The summed E-state index contributed by atoms with van der Waals surface area (Å²) >= 11 is 0. The fourth-order valence-electron chi connectivity index (χ4n) is 3.64. The maximum atomic E-state index is 13.0. The zero-order valence-corrected chi connectivity index (χ0v) is 18.9. The molecule has 0 aliphatic heterocycles. The van der Waals surface area contributed by atoms with E-state index in [0.717, 1.165) is 25.0 Å². The second-order valence-electron chi connectivity index (χ2n) is 9.04. The minimum Gasteiger partial charge on any atom is -0.390 e. The first-order chi connectivity index (χ1) is 15.3. The van der Waals surface area contributed by atoms with Crippen LogP contribution < -0.4 is 10.6 Å². The van der Waals surface area contributed by atoms with E-state index in [1.807, 2.05) is 0 Å². The lowest BCUT2D eigenvalue weighted by atomic mass is 9.71. The molecule has 0 aromatic carbocycles. The van der Waals surface area contributed by atoms with E-state index in [1.165, 1.54) is 6.07 Å². The molecule has 10 heteroatoms. The molecule has 0 spiro atoms. The standard InChI is InChI=1S/C23H28F3N5O2/c1-22(2,33)14-9-15(10-14)28-12-13-8-18(19(31(3)4)11-16(13)27)30-21(32)17-6-5-7-20(29-17)23(24,25)26/h5-8,11-12,14-15,27-28,33H,9-10H2,1-4H3,(H,30,32)/b13-12-,27-16?. The lowest BCUT2D eigenvalue weighted by Crippen LogP contribution is -2.48. The highest BCUT2D eigenvalue weighted by Gasteiger charge is 2.38. The summed E-state index contributed by atoms with van der Waals surface area (Å²) in [5.74, 6) is -0.586. The maximum Gasteiger partial charge on any atom is 0.433 e. The molecular formula is C23H28F3N5O2. The van der Waals surface area contributed by atoms with Gasteiger partial charge in [-0.2, -0.15) is 13.2 Å². The van der Waals surface area contributed by atoms with Gasteiger partial charge in [0, 0.05) is 31.9 Å². The predicted molar refractivity (Wildman–Crippen MR) is 118 cm³/mol. The van der Waals surface area contributed by atoms with Crippen molar-refractivity contribution in [2.24, 2.45) is 5.92 Å². The molecule has 2 aliphatic rings. The fourth-order valence-corrected chi connectivity index (χ4v) is 3.64. The number of aliphatic hydroxyl groups is 1. The van der Waals surface area contributed by atoms with Crippen LogP contribution in [-0.4, -0.2) is 52.3 Å². The smallest absolute Gasteiger partial charge is 0.390 e. The quantitative estimate of drug-likeness (QED) is 0.519. The Balaban J connectivity index is 1.77. The van der Waals surface area contributed by atoms with Gasteiger partial charge >= 0.3 is 6.18 Å². The summed E-state index contributed by atoms with van der Waals surface area (Å²) in [6, 6.07) is 3.32. The van der Waals surface area contributed by atoms with E-state index >= 15 is 0 Å². The number of hydrogen-bond donors (Lipinski definition) is 4. The summed E-state index contributed by atoms with van der Waals surface area (Å²) in [5, 5.41) is 24.2. The topological polar surface area (TPSA) is 101 Å². The third kappa shape index (κ3) is 5.81. The number of hydrogen-bond acceptors (Lipinski definition) is 6. The molecule has 0 unspecified atom stereocenters. The highest BCUT2D eigenvalue weighted by atomic mass is 19.4. The van der Waals surface area contributed by atoms with E-state index < -0.39 is 23.4 Å². The first kappa shape index (κ1) is 24.5. The SMILES string of the molecule is CN(C)C1=CC(=N)/C(=C\NC2CC(C(C)(C)O)C2)C=C1NC(=O)c1cccc(C(F)(F)F)n1. The molecule has 1 heterocycles. The highest BCUT2D eigenvalue weighted by Crippen LogP contribution is 2.36. The molecule has 1 fully saturated rings. The number of rotatable bonds is 6. The number of nitrogens with zero attached hydrogens (tertiary/aromatic N) is 2. The highest BCUT2D eigenvalue weighted by molar-refractivity contribution is 6.10. The van der Waals surface area contributed by atoms with Gasteiger partial charge < -0.3 is 26.0 Å². The van der Waals surface area contributed by atoms with Crippen molar-refractivity contribution >= 4 is 11.6 Å². The van der Waals surface area contributed by atoms with Crippen molar-refractivity contribution in [2.45, 2.75) is 44.5 Å². The number of nitrogens with one attached hydrogen (secondary N) is 3. The van der Waals surface area contributed by atoms with Crippen LogP contribution in [-0.2, 0) is 6.18 Å². The maximum absolute atomic E-state index is 13.0. The lowest BCUT2D eigenvalue weighted by molar-refractivity contribution is -0.141. The molecule has 2 aliphatic carbocycles. The van der Waals surface area contributed by atoms with E-state index in [4.69, 9.17) is 5.41 Å². The van der Waals surface area contributed by atoms with Gasteiger partial charge in [-0.05, 0) is 56.9 Å². The molecule has 3 rings (SSSR count). The minimum atomic E-state index is -4.66. The molecule has 4 N–H and O–H groups in total. The van der Waals surface area contributed by atoms with Crippen LogP contribution >= 0.6 is 0 Å². The van der Waals surface area contributed by atoms with Gasteiger partial charge in [-0.25, -0.2) is 4.98 Å². The number of aromatic nitrogens is 1. The van der Waals surface area contributed by atoms with E-state index in [2.05, 4.69) is 15.6 Å². The van der Waals surface area contributed by atoms with Gasteiger partial charge in [0.25, 0.3) is 5.91 Å². The average Bonchev–Trinajstić information content (AvgIpc) is 2.66. The van der Waals surface area contributed by atoms with E-state index in [0.29, 0.717) is 17.0 Å². The summed E-state index contributed by atoms with van der Waals surface area (Å²) in [7, 11) is 3.47. The van der Waals surface area contributed by atoms with Crippen LogP contribution in [0.5, 0.6) is 0 Å². The number of pyridine rings is 1. The molecule has 1 amide bonds. The van der Waals surface area contributed by atoms with Gasteiger partial charge in [0.15, 0.2) is 0 Å². The van der Waals surface area contributed by atoms with Crippen LogP contribution in [0.3, 0.4) is 0 Å². The van der Waals surface area contributed by atoms with E-state index in [-0.39, 0.29) is 23.4 Å². The molecular weight excluding hydrogens is 435 g/mol. The Bertz CT molecular complexity index is 1030. The van der Waals surface area contributed by atoms with Crippen LogP contribution in [0, 0.1) is 11.3 Å². The number of alkyl halides is 3. The number of amides is 1. The van der Waals surface area contributed by atoms with Crippen molar-refractivity contribution in [2.75, 3.05) is 14.1 Å². The molecule has 1 aromatic heterocycles. The van der Waals surface area contributed by atoms with Crippen LogP contribution in [0.25, 0.3) is 0 Å². The van der Waals surface area contributed by atoms with Crippen LogP contribution in [0.15, 0.2) is 53.5 Å². The van der Waals surface area contributed by atoms with Crippen LogP contribution in [0.1, 0.15) is 42.9 Å². The Hall–Kier alpha value is -3.14. The van der Waals surface area contributed by atoms with Gasteiger partial charge in [0.05, 0.1) is 22.7 Å². The Morgan fingerprint density at radius 3 is 2.48 bits per heavy atom. The summed E-state index contributed by atoms with van der Waals surface area (Å²) in [5.41, 5.74) is -0.632. The third-order valence-corrected chi connectivity index (χ3v) is 5.78. The molecule has 1 saturated carbocycles. The molecule has 0 radical (unpaired) electrons. The minimum absolute atomic E-state index is 0.168. The number of carbonyl (C=O) groups is 1. The van der Waals surface area contributed by atoms with Crippen molar-refractivity contribution in [3.63, 3.8) is 0 Å². The fraction of sp³-hybridized carbons (Fsp3) is 0.435. The largest absolute Gasteiger partial charge is 0.433 e. The zero-order chi connectivity index (χ0) is 24.6. The zero-order valence-electron chi connectivity index (χ0n) is 18.9. The van der Waals surface area contributed by atoms with E-state index in [9.17, 15) is 23.1 Å².